The average molecular weight is 270 g/mol. The molecule has 0 saturated heterocycles. The quantitative estimate of drug-likeness (QED) is 0.807. The molecule has 3 heteroatoms. The molecule has 0 aromatic heterocycles. The Balaban J connectivity index is 3.11. The van der Waals surface area contributed by atoms with Gasteiger partial charge in [-0.15, -0.1) is 0 Å². The molecule has 0 heterocycles. The van der Waals surface area contributed by atoms with Gasteiger partial charge < -0.3 is 4.90 Å². The Hall–Kier alpha value is -0.830. The van der Waals surface area contributed by atoms with Crippen molar-refractivity contribution in [2.75, 3.05) is 7.05 Å². The van der Waals surface area contributed by atoms with E-state index in [-0.39, 0.29) is 11.9 Å². The molecule has 2 nitrogen and oxygen atoms in total. The molecule has 0 fully saturated rings. The van der Waals surface area contributed by atoms with Crippen LogP contribution in [0.1, 0.15) is 29.8 Å². The highest BCUT2D eigenvalue weighted by Gasteiger charge is 2.18. The summed E-state index contributed by atoms with van der Waals surface area (Å²) in [6, 6.07) is 6.00. The van der Waals surface area contributed by atoms with Gasteiger partial charge in [0.25, 0.3) is 5.91 Å². The molecular weight excluding hydrogens is 254 g/mol. The van der Waals surface area contributed by atoms with Crippen molar-refractivity contribution in [3.63, 3.8) is 0 Å². The van der Waals surface area contributed by atoms with Gasteiger partial charge in [0.05, 0.1) is 5.56 Å². The lowest BCUT2D eigenvalue weighted by molar-refractivity contribution is 0.0753. The van der Waals surface area contributed by atoms with E-state index in [1.807, 2.05) is 46.0 Å². The molecule has 82 valence electrons. The van der Waals surface area contributed by atoms with Crippen molar-refractivity contribution >= 4 is 21.8 Å². The Kier molecular flexibility index (Phi) is 3.91. The number of benzene rings is 1. The number of amides is 1. The molecule has 0 aliphatic rings. The van der Waals surface area contributed by atoms with E-state index in [2.05, 4.69) is 15.9 Å². The van der Waals surface area contributed by atoms with Gasteiger partial charge in [-0.3, -0.25) is 4.79 Å². The maximum atomic E-state index is 12.1. The second-order valence-electron chi connectivity index (χ2n) is 3.94. The predicted molar refractivity (Wildman–Crippen MR) is 66.1 cm³/mol. The van der Waals surface area contributed by atoms with Gasteiger partial charge in [0, 0.05) is 17.6 Å². The maximum Gasteiger partial charge on any atom is 0.255 e. The first-order valence-corrected chi connectivity index (χ1v) is 5.76. The summed E-state index contributed by atoms with van der Waals surface area (Å²) in [6.45, 7) is 5.96. The van der Waals surface area contributed by atoms with Crippen LogP contribution in [0, 0.1) is 6.92 Å². The van der Waals surface area contributed by atoms with E-state index in [4.69, 9.17) is 0 Å². The highest BCUT2D eigenvalue weighted by Crippen LogP contribution is 2.22. The number of halogens is 1. The second-order valence-corrected chi connectivity index (χ2v) is 4.80. The number of hydrogen-bond acceptors (Lipinski definition) is 1. The topological polar surface area (TPSA) is 20.3 Å². The largest absolute Gasteiger partial charge is 0.339 e. The third-order valence-electron chi connectivity index (χ3n) is 2.53. The molecule has 1 aromatic rings. The highest BCUT2D eigenvalue weighted by atomic mass is 79.9. The molecule has 0 bridgehead atoms. The van der Waals surface area contributed by atoms with E-state index in [0.717, 1.165) is 15.6 Å². The zero-order valence-electron chi connectivity index (χ0n) is 9.54. The summed E-state index contributed by atoms with van der Waals surface area (Å²) in [5.41, 5.74) is 1.76. The molecule has 0 saturated carbocycles. The van der Waals surface area contributed by atoms with Crippen molar-refractivity contribution < 1.29 is 4.79 Å². The van der Waals surface area contributed by atoms with Crippen LogP contribution in [0.3, 0.4) is 0 Å². The van der Waals surface area contributed by atoms with Crippen molar-refractivity contribution in [3.8, 4) is 0 Å². The van der Waals surface area contributed by atoms with Crippen molar-refractivity contribution in [2.24, 2.45) is 0 Å². The number of carbonyl (C=O) groups excluding carboxylic acids is 1. The minimum atomic E-state index is 0.0648. The maximum absolute atomic E-state index is 12.1. The monoisotopic (exact) mass is 269 g/mol. The third-order valence-corrected chi connectivity index (χ3v) is 3.19. The van der Waals surface area contributed by atoms with Crippen molar-refractivity contribution in [1.29, 1.82) is 0 Å². The lowest BCUT2D eigenvalue weighted by atomic mass is 10.1. The number of aryl methyl sites for hydroxylation is 1. The molecule has 0 aliphatic heterocycles. The van der Waals surface area contributed by atoms with Gasteiger partial charge in [0.15, 0.2) is 0 Å². The second kappa shape index (κ2) is 4.79. The van der Waals surface area contributed by atoms with Crippen LogP contribution in [0.5, 0.6) is 0 Å². The summed E-state index contributed by atoms with van der Waals surface area (Å²) >= 11 is 3.42. The fourth-order valence-electron chi connectivity index (χ4n) is 1.31. The first kappa shape index (κ1) is 12.2. The zero-order chi connectivity index (χ0) is 11.6. The summed E-state index contributed by atoms with van der Waals surface area (Å²) in [5.74, 6) is 0.0648. The lowest BCUT2D eigenvalue weighted by Gasteiger charge is -2.22. The first-order chi connectivity index (χ1) is 6.95. The highest BCUT2D eigenvalue weighted by molar-refractivity contribution is 9.10. The summed E-state index contributed by atoms with van der Waals surface area (Å²) < 4.78 is 0.861. The van der Waals surface area contributed by atoms with Gasteiger partial charge in [0.1, 0.15) is 0 Å². The molecule has 0 unspecified atom stereocenters. The number of hydrogen-bond donors (Lipinski definition) is 0. The van der Waals surface area contributed by atoms with Crippen LogP contribution in [-0.2, 0) is 0 Å². The molecule has 0 spiro atoms. The average Bonchev–Trinajstić information content (AvgIpc) is 2.15. The standard InChI is InChI=1S/C12H16BrNO/c1-8(2)14(4)12(15)11-9(3)6-5-7-10(11)13/h5-8H,1-4H3. The summed E-state index contributed by atoms with van der Waals surface area (Å²) in [7, 11) is 1.83. The SMILES string of the molecule is Cc1cccc(Br)c1C(=O)N(C)C(C)C. The molecule has 1 rings (SSSR count). The van der Waals surface area contributed by atoms with Crippen molar-refractivity contribution in [1.82, 2.24) is 4.90 Å². The molecule has 15 heavy (non-hydrogen) atoms. The van der Waals surface area contributed by atoms with E-state index in [9.17, 15) is 4.79 Å². The number of rotatable bonds is 2. The Morgan fingerprint density at radius 2 is 2.00 bits per heavy atom. The van der Waals surface area contributed by atoms with Gasteiger partial charge >= 0.3 is 0 Å². The first-order valence-electron chi connectivity index (χ1n) is 4.97. The van der Waals surface area contributed by atoms with Crippen LogP contribution < -0.4 is 0 Å². The molecule has 1 amide bonds. The Morgan fingerprint density at radius 3 is 2.47 bits per heavy atom. The predicted octanol–water partition coefficient (Wildman–Crippen LogP) is 3.24. The van der Waals surface area contributed by atoms with E-state index in [1.165, 1.54) is 0 Å². The van der Waals surface area contributed by atoms with Crippen LogP contribution in [0.2, 0.25) is 0 Å². The molecule has 0 N–H and O–H groups in total. The lowest BCUT2D eigenvalue weighted by Crippen LogP contribution is -2.33. The summed E-state index contributed by atoms with van der Waals surface area (Å²) in [5, 5.41) is 0. The Bertz CT molecular complexity index is 354. The van der Waals surface area contributed by atoms with Crippen LogP contribution in [0.4, 0.5) is 0 Å². The molecule has 0 radical (unpaired) electrons. The number of nitrogens with zero attached hydrogens (tertiary/aromatic N) is 1. The van der Waals surface area contributed by atoms with E-state index in [1.54, 1.807) is 4.90 Å². The molecule has 0 aliphatic carbocycles. The fraction of sp³-hybridized carbons (Fsp3) is 0.417. The van der Waals surface area contributed by atoms with Gasteiger partial charge in [0.2, 0.25) is 0 Å². The van der Waals surface area contributed by atoms with Crippen LogP contribution in [-0.4, -0.2) is 23.9 Å². The van der Waals surface area contributed by atoms with Crippen LogP contribution >= 0.6 is 15.9 Å². The van der Waals surface area contributed by atoms with Crippen LogP contribution in [0.25, 0.3) is 0 Å². The van der Waals surface area contributed by atoms with Gasteiger partial charge in [-0.25, -0.2) is 0 Å². The smallest absolute Gasteiger partial charge is 0.255 e. The molecule has 1 aromatic carbocycles. The summed E-state index contributed by atoms with van der Waals surface area (Å²) in [6.07, 6.45) is 0. The van der Waals surface area contributed by atoms with E-state index < -0.39 is 0 Å². The molecule has 0 atom stereocenters. The third kappa shape index (κ3) is 2.59. The van der Waals surface area contributed by atoms with Gasteiger partial charge in [-0.1, -0.05) is 12.1 Å². The van der Waals surface area contributed by atoms with E-state index >= 15 is 0 Å². The van der Waals surface area contributed by atoms with Gasteiger partial charge in [-0.05, 0) is 48.3 Å². The summed E-state index contributed by atoms with van der Waals surface area (Å²) in [4.78, 5) is 13.9. The minimum Gasteiger partial charge on any atom is -0.339 e. The Labute approximate surface area is 99.4 Å². The zero-order valence-corrected chi connectivity index (χ0v) is 11.1. The normalized spacial score (nSPS) is 10.5. The minimum absolute atomic E-state index is 0.0648. The van der Waals surface area contributed by atoms with Crippen molar-refractivity contribution in [3.05, 3.63) is 33.8 Å². The van der Waals surface area contributed by atoms with E-state index in [0.29, 0.717) is 0 Å². The number of carbonyl (C=O) groups is 1. The van der Waals surface area contributed by atoms with Crippen LogP contribution in [0.15, 0.2) is 22.7 Å². The molecular formula is C12H16BrNO. The van der Waals surface area contributed by atoms with Crippen molar-refractivity contribution in [2.45, 2.75) is 26.8 Å². The van der Waals surface area contributed by atoms with Gasteiger partial charge in [-0.2, -0.15) is 0 Å². The fourth-order valence-corrected chi connectivity index (χ4v) is 1.95. The Morgan fingerprint density at radius 1 is 1.40 bits per heavy atom.